The molecule has 0 atom stereocenters. The Balaban J connectivity index is 3.30. The zero-order valence-electron chi connectivity index (χ0n) is 9.40. The van der Waals surface area contributed by atoms with Crippen LogP contribution in [0.3, 0.4) is 0 Å². The second kappa shape index (κ2) is 5.92. The fourth-order valence-corrected chi connectivity index (χ4v) is 1.40. The van der Waals surface area contributed by atoms with Gasteiger partial charge in [0.05, 0.1) is 14.2 Å². The molecular formula is C12H15NO3. The average molecular weight is 221 g/mol. The molecular weight excluding hydrogens is 206 g/mol. The van der Waals surface area contributed by atoms with E-state index in [4.69, 9.17) is 15.2 Å². The number of aldehydes is 1. The summed E-state index contributed by atoms with van der Waals surface area (Å²) in [6, 6.07) is 3.35. The van der Waals surface area contributed by atoms with Crippen LogP contribution in [0.2, 0.25) is 0 Å². The molecule has 0 saturated heterocycles. The third kappa shape index (κ3) is 2.61. The minimum atomic E-state index is 0.427. The van der Waals surface area contributed by atoms with Crippen molar-refractivity contribution < 1.29 is 14.3 Å². The molecule has 0 aliphatic heterocycles. The third-order valence-electron chi connectivity index (χ3n) is 2.10. The lowest BCUT2D eigenvalue weighted by Crippen LogP contribution is -1.96. The van der Waals surface area contributed by atoms with E-state index in [-0.39, 0.29) is 0 Å². The Kier molecular flexibility index (Phi) is 4.54. The first-order valence-corrected chi connectivity index (χ1v) is 4.84. The van der Waals surface area contributed by atoms with Crippen LogP contribution in [0.4, 0.5) is 0 Å². The van der Waals surface area contributed by atoms with Gasteiger partial charge in [0.25, 0.3) is 0 Å². The molecule has 0 unspecified atom stereocenters. The normalized spacial score (nSPS) is 10.4. The first kappa shape index (κ1) is 12.3. The molecule has 1 aromatic carbocycles. The van der Waals surface area contributed by atoms with Crippen molar-refractivity contribution in [2.75, 3.05) is 20.8 Å². The van der Waals surface area contributed by atoms with E-state index in [2.05, 4.69) is 0 Å². The lowest BCUT2D eigenvalue weighted by Gasteiger charge is -2.11. The highest BCUT2D eigenvalue weighted by Gasteiger charge is 2.09. The molecule has 0 spiro atoms. The van der Waals surface area contributed by atoms with E-state index in [1.54, 1.807) is 31.4 Å². The fraction of sp³-hybridized carbons (Fsp3) is 0.250. The zero-order chi connectivity index (χ0) is 12.0. The summed E-state index contributed by atoms with van der Waals surface area (Å²) in [5.74, 6) is 1.13. The van der Waals surface area contributed by atoms with Crippen molar-refractivity contribution in [2.24, 2.45) is 5.73 Å². The highest BCUT2D eigenvalue weighted by atomic mass is 16.5. The zero-order valence-corrected chi connectivity index (χ0v) is 9.40. The maximum absolute atomic E-state index is 10.8. The van der Waals surface area contributed by atoms with E-state index in [0.29, 0.717) is 23.6 Å². The largest absolute Gasteiger partial charge is 0.493 e. The van der Waals surface area contributed by atoms with Crippen LogP contribution in [0.5, 0.6) is 11.5 Å². The van der Waals surface area contributed by atoms with Gasteiger partial charge in [-0.2, -0.15) is 0 Å². The Morgan fingerprint density at radius 3 is 2.56 bits per heavy atom. The lowest BCUT2D eigenvalue weighted by molar-refractivity contribution is 0.112. The molecule has 0 amide bonds. The van der Waals surface area contributed by atoms with E-state index < -0.39 is 0 Å². The van der Waals surface area contributed by atoms with Crippen LogP contribution in [0, 0.1) is 0 Å². The number of carbonyl (C=O) groups is 1. The molecule has 0 radical (unpaired) electrons. The Morgan fingerprint density at radius 1 is 1.31 bits per heavy atom. The number of methoxy groups -OCH3 is 2. The number of hydrogen-bond donors (Lipinski definition) is 1. The summed E-state index contributed by atoms with van der Waals surface area (Å²) in [7, 11) is 3.08. The predicted molar refractivity (Wildman–Crippen MR) is 63.0 cm³/mol. The van der Waals surface area contributed by atoms with E-state index in [9.17, 15) is 4.79 Å². The molecule has 0 heterocycles. The fourth-order valence-electron chi connectivity index (χ4n) is 1.40. The van der Waals surface area contributed by atoms with E-state index >= 15 is 0 Å². The molecule has 0 bridgehead atoms. The monoisotopic (exact) mass is 221 g/mol. The van der Waals surface area contributed by atoms with Crippen molar-refractivity contribution in [3.8, 4) is 11.5 Å². The van der Waals surface area contributed by atoms with Gasteiger partial charge in [-0.1, -0.05) is 12.2 Å². The number of nitrogens with two attached hydrogens (primary N) is 1. The SMILES string of the molecule is COc1cc(C=O)cc(C=CCN)c1OC. The number of ether oxygens (including phenoxy) is 2. The minimum Gasteiger partial charge on any atom is -0.493 e. The Hall–Kier alpha value is -1.81. The van der Waals surface area contributed by atoms with Crippen molar-refractivity contribution in [2.45, 2.75) is 0 Å². The molecule has 4 heteroatoms. The average Bonchev–Trinajstić information content (AvgIpc) is 2.34. The van der Waals surface area contributed by atoms with Crippen molar-refractivity contribution in [1.82, 2.24) is 0 Å². The van der Waals surface area contributed by atoms with Crippen molar-refractivity contribution in [3.63, 3.8) is 0 Å². The van der Waals surface area contributed by atoms with Gasteiger partial charge in [0.1, 0.15) is 6.29 Å². The number of carbonyl (C=O) groups excluding carboxylic acids is 1. The maximum atomic E-state index is 10.8. The van der Waals surface area contributed by atoms with E-state index in [0.717, 1.165) is 11.8 Å². The van der Waals surface area contributed by atoms with Gasteiger partial charge in [-0.25, -0.2) is 0 Å². The Morgan fingerprint density at radius 2 is 2.06 bits per heavy atom. The first-order valence-electron chi connectivity index (χ1n) is 4.84. The first-order chi connectivity index (χ1) is 7.76. The van der Waals surface area contributed by atoms with Gasteiger partial charge in [-0.3, -0.25) is 4.79 Å². The van der Waals surface area contributed by atoms with Crippen LogP contribution >= 0.6 is 0 Å². The number of rotatable bonds is 5. The molecule has 4 nitrogen and oxygen atoms in total. The quantitative estimate of drug-likeness (QED) is 0.765. The second-order valence-electron chi connectivity index (χ2n) is 3.10. The summed E-state index contributed by atoms with van der Waals surface area (Å²) in [4.78, 5) is 10.8. The summed E-state index contributed by atoms with van der Waals surface area (Å²) in [5, 5.41) is 0. The molecule has 16 heavy (non-hydrogen) atoms. The smallest absolute Gasteiger partial charge is 0.167 e. The lowest BCUT2D eigenvalue weighted by atomic mass is 10.1. The summed E-state index contributed by atoms with van der Waals surface area (Å²) < 4.78 is 10.4. The summed E-state index contributed by atoms with van der Waals surface area (Å²) in [6.07, 6.45) is 4.35. The van der Waals surface area contributed by atoms with Crippen LogP contribution in [0.1, 0.15) is 15.9 Å². The molecule has 0 aromatic heterocycles. The van der Waals surface area contributed by atoms with Gasteiger partial charge >= 0.3 is 0 Å². The molecule has 0 aliphatic rings. The summed E-state index contributed by atoms with van der Waals surface area (Å²) in [6.45, 7) is 0.427. The van der Waals surface area contributed by atoms with Crippen LogP contribution in [0.15, 0.2) is 18.2 Å². The van der Waals surface area contributed by atoms with E-state index in [1.165, 1.54) is 7.11 Å². The summed E-state index contributed by atoms with van der Waals surface area (Å²) >= 11 is 0. The molecule has 1 aromatic rings. The summed E-state index contributed by atoms with van der Waals surface area (Å²) in [5.41, 5.74) is 6.69. The van der Waals surface area contributed by atoms with Crippen LogP contribution < -0.4 is 15.2 Å². The molecule has 0 fully saturated rings. The highest BCUT2D eigenvalue weighted by molar-refractivity contribution is 5.79. The van der Waals surface area contributed by atoms with Crippen molar-refractivity contribution >= 4 is 12.4 Å². The van der Waals surface area contributed by atoms with E-state index in [1.807, 2.05) is 0 Å². The molecule has 0 aliphatic carbocycles. The standard InChI is InChI=1S/C12H15NO3/c1-15-11-7-9(8-14)6-10(4-3-5-13)12(11)16-2/h3-4,6-8H,5,13H2,1-2H3. The number of hydrogen-bond acceptors (Lipinski definition) is 4. The molecule has 0 saturated carbocycles. The maximum Gasteiger partial charge on any atom is 0.167 e. The van der Waals surface area contributed by atoms with Gasteiger partial charge in [0.15, 0.2) is 11.5 Å². The topological polar surface area (TPSA) is 61.5 Å². The van der Waals surface area contributed by atoms with Gasteiger partial charge in [-0.05, 0) is 12.1 Å². The van der Waals surface area contributed by atoms with Crippen LogP contribution in [0.25, 0.3) is 6.08 Å². The second-order valence-corrected chi connectivity index (χ2v) is 3.10. The highest BCUT2D eigenvalue weighted by Crippen LogP contribution is 2.32. The molecule has 2 N–H and O–H groups in total. The van der Waals surface area contributed by atoms with Crippen molar-refractivity contribution in [3.05, 3.63) is 29.3 Å². The van der Waals surface area contributed by atoms with Gasteiger partial charge in [-0.15, -0.1) is 0 Å². The van der Waals surface area contributed by atoms with Gasteiger partial charge in [0.2, 0.25) is 0 Å². The molecule has 86 valence electrons. The molecule has 1 rings (SSSR count). The number of benzene rings is 1. The third-order valence-corrected chi connectivity index (χ3v) is 2.10. The van der Waals surface area contributed by atoms with Gasteiger partial charge < -0.3 is 15.2 Å². The Labute approximate surface area is 94.7 Å². The predicted octanol–water partition coefficient (Wildman–Crippen LogP) is 1.49. The van der Waals surface area contributed by atoms with Gasteiger partial charge in [0, 0.05) is 17.7 Å². The Bertz CT molecular complexity index is 399. The minimum absolute atomic E-state index is 0.427. The van der Waals surface area contributed by atoms with Crippen molar-refractivity contribution in [1.29, 1.82) is 0 Å². The van der Waals surface area contributed by atoms with Crippen LogP contribution in [-0.4, -0.2) is 27.1 Å². The van der Waals surface area contributed by atoms with Crippen LogP contribution in [-0.2, 0) is 0 Å².